The van der Waals surface area contributed by atoms with E-state index in [1.54, 1.807) is 6.20 Å². The Bertz CT molecular complexity index is 260. The molecule has 1 unspecified atom stereocenters. The van der Waals surface area contributed by atoms with Crippen LogP contribution in [0.2, 0.25) is 0 Å². The van der Waals surface area contributed by atoms with Gasteiger partial charge in [-0.25, -0.2) is 4.98 Å². The summed E-state index contributed by atoms with van der Waals surface area (Å²) in [5.41, 5.74) is 1.02. The van der Waals surface area contributed by atoms with Gasteiger partial charge in [0.25, 0.3) is 0 Å². The fourth-order valence-electron chi connectivity index (χ4n) is 1.16. The molecule has 0 fully saturated rings. The van der Waals surface area contributed by atoms with Crippen molar-refractivity contribution in [2.45, 2.75) is 12.5 Å². The highest BCUT2D eigenvalue weighted by atomic mass is 16.5. The van der Waals surface area contributed by atoms with Gasteiger partial charge in [0.1, 0.15) is 0 Å². The molecule has 1 aromatic heterocycles. The Morgan fingerprint density at radius 1 is 1.73 bits per heavy atom. The Kier molecular flexibility index (Phi) is 1.35. The quantitative estimate of drug-likeness (QED) is 0.548. The van der Waals surface area contributed by atoms with Gasteiger partial charge in [-0.15, -0.1) is 0 Å². The molecule has 0 bridgehead atoms. The number of ether oxygens (including phenoxy) is 1. The summed E-state index contributed by atoms with van der Waals surface area (Å²) in [6.45, 7) is 0. The van der Waals surface area contributed by atoms with Crippen molar-refractivity contribution in [1.29, 1.82) is 0 Å². The molecule has 2 rings (SSSR count). The average Bonchev–Trinajstić information content (AvgIpc) is 2.46. The van der Waals surface area contributed by atoms with E-state index in [-0.39, 0.29) is 6.10 Å². The average molecular weight is 149 g/mol. The fraction of sp³-hybridized carbons (Fsp3) is 0.250. The third kappa shape index (κ3) is 0.981. The van der Waals surface area contributed by atoms with Gasteiger partial charge < -0.3 is 4.74 Å². The molecule has 0 radical (unpaired) electrons. The van der Waals surface area contributed by atoms with Gasteiger partial charge in [0.15, 0.2) is 12.4 Å². The van der Waals surface area contributed by atoms with Gasteiger partial charge in [-0.1, -0.05) is 6.07 Å². The van der Waals surface area contributed by atoms with Crippen LogP contribution in [0.15, 0.2) is 18.3 Å². The maximum absolute atomic E-state index is 10.3. The molecule has 3 nitrogen and oxygen atoms in total. The van der Waals surface area contributed by atoms with E-state index >= 15 is 0 Å². The van der Waals surface area contributed by atoms with E-state index < -0.39 is 0 Å². The van der Waals surface area contributed by atoms with Crippen molar-refractivity contribution in [3.63, 3.8) is 0 Å². The Labute approximate surface area is 64.0 Å². The van der Waals surface area contributed by atoms with Crippen molar-refractivity contribution in [2.75, 3.05) is 0 Å². The van der Waals surface area contributed by atoms with E-state index in [1.807, 2.05) is 12.1 Å². The monoisotopic (exact) mass is 149 g/mol. The van der Waals surface area contributed by atoms with Crippen LogP contribution in [0.3, 0.4) is 0 Å². The summed E-state index contributed by atoms with van der Waals surface area (Å²) in [4.78, 5) is 14.3. The molecule has 0 aliphatic carbocycles. The Morgan fingerprint density at radius 2 is 2.64 bits per heavy atom. The van der Waals surface area contributed by atoms with Crippen molar-refractivity contribution >= 4 is 6.29 Å². The molecule has 1 atom stereocenters. The number of aromatic nitrogens is 1. The van der Waals surface area contributed by atoms with Crippen molar-refractivity contribution in [2.24, 2.45) is 0 Å². The maximum Gasteiger partial charge on any atom is 0.217 e. The molecule has 0 N–H and O–H groups in total. The zero-order chi connectivity index (χ0) is 7.68. The highest BCUT2D eigenvalue weighted by Crippen LogP contribution is 2.24. The smallest absolute Gasteiger partial charge is 0.217 e. The first-order valence-corrected chi connectivity index (χ1v) is 3.46. The lowest BCUT2D eigenvalue weighted by atomic mass is 10.2. The lowest BCUT2D eigenvalue weighted by molar-refractivity contribution is -0.113. The van der Waals surface area contributed by atoms with Crippen molar-refractivity contribution in [1.82, 2.24) is 4.98 Å². The number of aldehydes is 1. The number of hydrogen-bond donors (Lipinski definition) is 0. The first-order valence-electron chi connectivity index (χ1n) is 3.46. The molecule has 0 aromatic carbocycles. The van der Waals surface area contributed by atoms with Crippen LogP contribution in [0, 0.1) is 0 Å². The molecule has 0 spiro atoms. The normalized spacial score (nSPS) is 20.5. The summed E-state index contributed by atoms with van der Waals surface area (Å²) < 4.78 is 5.18. The number of rotatable bonds is 1. The van der Waals surface area contributed by atoms with E-state index in [9.17, 15) is 4.79 Å². The van der Waals surface area contributed by atoms with Gasteiger partial charge in [0, 0.05) is 18.2 Å². The lowest BCUT2D eigenvalue weighted by Gasteiger charge is -1.98. The Morgan fingerprint density at radius 3 is 3.36 bits per heavy atom. The van der Waals surface area contributed by atoms with Gasteiger partial charge >= 0.3 is 0 Å². The predicted octanol–water partition coefficient (Wildman–Crippen LogP) is 0.584. The second-order valence-electron chi connectivity index (χ2n) is 2.46. The molecule has 0 saturated carbocycles. The molecular formula is C8H7NO2. The Hall–Kier alpha value is -1.38. The standard InChI is InChI=1S/C8H7NO2/c10-5-7-4-6-2-1-3-9-8(6)11-7/h1-3,5,7H,4H2. The van der Waals surface area contributed by atoms with Crippen LogP contribution in [0.1, 0.15) is 5.56 Å². The molecule has 0 saturated heterocycles. The molecule has 1 aromatic rings. The molecule has 0 amide bonds. The van der Waals surface area contributed by atoms with Gasteiger partial charge in [-0.2, -0.15) is 0 Å². The van der Waals surface area contributed by atoms with Crippen molar-refractivity contribution < 1.29 is 9.53 Å². The summed E-state index contributed by atoms with van der Waals surface area (Å²) in [7, 11) is 0. The second kappa shape index (κ2) is 2.34. The SMILES string of the molecule is O=CC1Cc2cccnc2O1. The van der Waals surface area contributed by atoms with E-state index in [2.05, 4.69) is 4.98 Å². The minimum absolute atomic E-state index is 0.320. The van der Waals surface area contributed by atoms with Crippen LogP contribution in [0.25, 0.3) is 0 Å². The van der Waals surface area contributed by atoms with Crippen LogP contribution < -0.4 is 4.74 Å². The molecule has 2 heterocycles. The van der Waals surface area contributed by atoms with Crippen LogP contribution in [0.4, 0.5) is 0 Å². The van der Waals surface area contributed by atoms with Gasteiger partial charge in [0.2, 0.25) is 5.88 Å². The number of carbonyl (C=O) groups is 1. The molecule has 1 aliphatic heterocycles. The first-order chi connectivity index (χ1) is 5.40. The highest BCUT2D eigenvalue weighted by Gasteiger charge is 2.22. The number of carbonyl (C=O) groups excluding carboxylic acids is 1. The minimum atomic E-state index is -0.320. The number of fused-ring (bicyclic) bond motifs is 1. The van der Waals surface area contributed by atoms with Crippen molar-refractivity contribution in [3.05, 3.63) is 23.9 Å². The fourth-order valence-corrected chi connectivity index (χ4v) is 1.16. The van der Waals surface area contributed by atoms with Gasteiger partial charge in [-0.05, 0) is 6.07 Å². The molecule has 56 valence electrons. The van der Waals surface area contributed by atoms with E-state index in [1.165, 1.54) is 0 Å². The van der Waals surface area contributed by atoms with Crippen LogP contribution in [0.5, 0.6) is 5.88 Å². The molecular weight excluding hydrogens is 142 g/mol. The number of pyridine rings is 1. The molecule has 3 heteroatoms. The summed E-state index contributed by atoms with van der Waals surface area (Å²) in [6.07, 6.45) is 2.81. The van der Waals surface area contributed by atoms with Crippen LogP contribution >= 0.6 is 0 Å². The van der Waals surface area contributed by atoms with E-state index in [0.29, 0.717) is 12.3 Å². The zero-order valence-corrected chi connectivity index (χ0v) is 5.86. The first kappa shape index (κ1) is 6.34. The highest BCUT2D eigenvalue weighted by molar-refractivity contribution is 5.59. The summed E-state index contributed by atoms with van der Waals surface area (Å²) >= 11 is 0. The predicted molar refractivity (Wildman–Crippen MR) is 38.4 cm³/mol. The third-order valence-corrected chi connectivity index (χ3v) is 1.69. The van der Waals surface area contributed by atoms with Crippen molar-refractivity contribution in [3.8, 4) is 5.88 Å². The van der Waals surface area contributed by atoms with E-state index in [0.717, 1.165) is 11.8 Å². The van der Waals surface area contributed by atoms with Gasteiger partial charge in [-0.3, -0.25) is 4.79 Å². The lowest BCUT2D eigenvalue weighted by Crippen LogP contribution is -2.13. The largest absolute Gasteiger partial charge is 0.466 e. The zero-order valence-electron chi connectivity index (χ0n) is 5.86. The third-order valence-electron chi connectivity index (χ3n) is 1.69. The van der Waals surface area contributed by atoms with Crippen LogP contribution in [-0.2, 0) is 11.2 Å². The van der Waals surface area contributed by atoms with Gasteiger partial charge in [0.05, 0.1) is 0 Å². The Balaban J connectivity index is 2.33. The second-order valence-corrected chi connectivity index (χ2v) is 2.46. The molecule has 1 aliphatic rings. The summed E-state index contributed by atoms with van der Waals surface area (Å²) in [6, 6.07) is 3.77. The minimum Gasteiger partial charge on any atom is -0.466 e. The maximum atomic E-state index is 10.3. The van der Waals surface area contributed by atoms with Crippen LogP contribution in [-0.4, -0.2) is 17.4 Å². The van der Waals surface area contributed by atoms with E-state index in [4.69, 9.17) is 4.74 Å². The summed E-state index contributed by atoms with van der Waals surface area (Å²) in [5, 5.41) is 0. The number of nitrogens with zero attached hydrogens (tertiary/aromatic N) is 1. The number of hydrogen-bond acceptors (Lipinski definition) is 3. The summed E-state index contributed by atoms with van der Waals surface area (Å²) in [5.74, 6) is 0.601. The molecule has 11 heavy (non-hydrogen) atoms. The topological polar surface area (TPSA) is 39.2 Å².